The highest BCUT2D eigenvalue weighted by Gasteiger charge is 2.33. The van der Waals surface area contributed by atoms with Crippen molar-refractivity contribution in [2.75, 3.05) is 20.1 Å². The van der Waals surface area contributed by atoms with E-state index in [1.54, 1.807) is 0 Å². The number of nitrogens with zero attached hydrogens (tertiary/aromatic N) is 3. The zero-order valence-electron chi connectivity index (χ0n) is 16.3. The van der Waals surface area contributed by atoms with Gasteiger partial charge in [-0.1, -0.05) is 30.3 Å². The number of rotatable bonds is 8. The van der Waals surface area contributed by atoms with Crippen LogP contribution < -0.4 is 10.6 Å². The van der Waals surface area contributed by atoms with Crippen molar-refractivity contribution in [2.45, 2.75) is 39.2 Å². The van der Waals surface area contributed by atoms with Crippen LogP contribution >= 0.6 is 11.3 Å². The van der Waals surface area contributed by atoms with E-state index in [-0.39, 0.29) is 12.6 Å². The zero-order valence-corrected chi connectivity index (χ0v) is 17.1. The number of aromatic nitrogens is 1. The Morgan fingerprint density at radius 1 is 1.25 bits per heavy atom. The Kier molecular flexibility index (Phi) is 8.25. The number of guanidine groups is 1. The van der Waals surface area contributed by atoms with Crippen LogP contribution in [0.4, 0.5) is 13.2 Å². The number of nitrogens with one attached hydrogen (secondary N) is 2. The van der Waals surface area contributed by atoms with Crippen molar-refractivity contribution in [3.63, 3.8) is 0 Å². The quantitative estimate of drug-likeness (QED) is 0.511. The third kappa shape index (κ3) is 7.12. The fourth-order valence-corrected chi connectivity index (χ4v) is 3.15. The molecule has 1 atom stereocenters. The molecule has 2 aromatic rings. The van der Waals surface area contributed by atoms with Crippen LogP contribution in [0, 0.1) is 0 Å². The fraction of sp³-hybridized carbons (Fsp3) is 0.474. The van der Waals surface area contributed by atoms with Crippen molar-refractivity contribution in [2.24, 2.45) is 4.99 Å². The van der Waals surface area contributed by atoms with Crippen LogP contribution in [-0.2, 0) is 19.3 Å². The highest BCUT2D eigenvalue weighted by molar-refractivity contribution is 7.09. The van der Waals surface area contributed by atoms with Crippen LogP contribution in [0.25, 0.3) is 0 Å². The molecule has 2 rings (SSSR count). The van der Waals surface area contributed by atoms with Gasteiger partial charge in [-0.3, -0.25) is 4.90 Å². The average Bonchev–Trinajstić information content (AvgIpc) is 3.14. The number of hydrogen-bond acceptors (Lipinski definition) is 4. The smallest absolute Gasteiger partial charge is 0.357 e. The van der Waals surface area contributed by atoms with Gasteiger partial charge in [0.2, 0.25) is 0 Å². The number of halogens is 3. The largest absolute Gasteiger partial charge is 0.434 e. The van der Waals surface area contributed by atoms with Gasteiger partial charge in [-0.05, 0) is 26.5 Å². The minimum Gasteiger partial charge on any atom is -0.357 e. The molecule has 0 bridgehead atoms. The van der Waals surface area contributed by atoms with Gasteiger partial charge in [0.1, 0.15) is 5.01 Å². The van der Waals surface area contributed by atoms with Gasteiger partial charge < -0.3 is 10.6 Å². The van der Waals surface area contributed by atoms with E-state index < -0.39 is 11.9 Å². The predicted octanol–water partition coefficient (Wildman–Crippen LogP) is 3.74. The molecule has 0 aliphatic carbocycles. The summed E-state index contributed by atoms with van der Waals surface area (Å²) in [4.78, 5) is 10.2. The second-order valence-electron chi connectivity index (χ2n) is 6.45. The van der Waals surface area contributed by atoms with Crippen molar-refractivity contribution < 1.29 is 13.2 Å². The van der Waals surface area contributed by atoms with Crippen molar-refractivity contribution in [1.29, 1.82) is 0 Å². The Labute approximate surface area is 167 Å². The second kappa shape index (κ2) is 10.4. The molecule has 1 aromatic heterocycles. The lowest BCUT2D eigenvalue weighted by Crippen LogP contribution is -2.44. The van der Waals surface area contributed by atoms with E-state index in [4.69, 9.17) is 0 Å². The summed E-state index contributed by atoms with van der Waals surface area (Å²) >= 11 is 0.965. The summed E-state index contributed by atoms with van der Waals surface area (Å²) in [5.74, 6) is 0.561. The van der Waals surface area contributed by atoms with Gasteiger partial charge in [0.05, 0.1) is 6.54 Å². The first-order valence-corrected chi connectivity index (χ1v) is 9.95. The normalized spacial score (nSPS) is 13.6. The zero-order chi connectivity index (χ0) is 20.6. The summed E-state index contributed by atoms with van der Waals surface area (Å²) in [5, 5.41) is 7.71. The van der Waals surface area contributed by atoms with E-state index in [9.17, 15) is 13.2 Å². The molecule has 5 nitrogen and oxygen atoms in total. The van der Waals surface area contributed by atoms with Crippen LogP contribution in [-0.4, -0.2) is 42.0 Å². The van der Waals surface area contributed by atoms with Gasteiger partial charge >= 0.3 is 6.18 Å². The molecule has 0 aliphatic rings. The van der Waals surface area contributed by atoms with Crippen molar-refractivity contribution in [3.8, 4) is 0 Å². The number of hydrogen-bond donors (Lipinski definition) is 2. The molecular weight excluding hydrogens is 387 g/mol. The Balaban J connectivity index is 1.89. The van der Waals surface area contributed by atoms with Crippen molar-refractivity contribution in [3.05, 3.63) is 52.0 Å². The molecule has 1 unspecified atom stereocenters. The monoisotopic (exact) mass is 413 g/mol. The number of thiazole rings is 1. The fourth-order valence-electron chi connectivity index (χ4n) is 2.43. The van der Waals surface area contributed by atoms with Crippen LogP contribution in [0.1, 0.15) is 30.1 Å². The van der Waals surface area contributed by atoms with E-state index in [1.165, 1.54) is 5.56 Å². The van der Waals surface area contributed by atoms with Gasteiger partial charge in [-0.25, -0.2) is 9.98 Å². The Morgan fingerprint density at radius 2 is 1.96 bits per heavy atom. The highest BCUT2D eigenvalue weighted by atomic mass is 32.1. The first-order chi connectivity index (χ1) is 13.3. The lowest BCUT2D eigenvalue weighted by molar-refractivity contribution is -0.140. The SMILES string of the molecule is CCNC(=NCc1nc(C(F)(F)F)cs1)NCC(C)N(C)Cc1ccccc1. The summed E-state index contributed by atoms with van der Waals surface area (Å²) in [6.07, 6.45) is -4.42. The molecule has 1 heterocycles. The molecular formula is C19H26F3N5S. The maximum Gasteiger partial charge on any atom is 0.434 e. The van der Waals surface area contributed by atoms with Crippen LogP contribution in [0.2, 0.25) is 0 Å². The molecule has 0 aliphatic heterocycles. The summed E-state index contributed by atoms with van der Waals surface area (Å²) in [5.41, 5.74) is 0.374. The van der Waals surface area contributed by atoms with Gasteiger partial charge in [0.25, 0.3) is 0 Å². The Hall–Kier alpha value is -2.13. The molecule has 0 spiro atoms. The van der Waals surface area contributed by atoms with E-state index >= 15 is 0 Å². The number of likely N-dealkylation sites (N-methyl/N-ethyl adjacent to an activating group) is 1. The molecule has 2 N–H and O–H groups in total. The summed E-state index contributed by atoms with van der Waals surface area (Å²) in [6, 6.07) is 10.4. The van der Waals surface area contributed by atoms with Crippen molar-refractivity contribution in [1.82, 2.24) is 20.5 Å². The first kappa shape index (κ1) is 22.2. The average molecular weight is 414 g/mol. The van der Waals surface area contributed by atoms with Crippen LogP contribution in [0.3, 0.4) is 0 Å². The molecule has 0 fully saturated rings. The molecule has 0 saturated carbocycles. The molecule has 0 radical (unpaired) electrons. The lowest BCUT2D eigenvalue weighted by atomic mass is 10.2. The van der Waals surface area contributed by atoms with Gasteiger partial charge in [0, 0.05) is 31.1 Å². The minimum atomic E-state index is -4.42. The Morgan fingerprint density at radius 3 is 2.57 bits per heavy atom. The van der Waals surface area contributed by atoms with Crippen LogP contribution in [0.15, 0.2) is 40.7 Å². The molecule has 0 saturated heterocycles. The number of alkyl halides is 3. The molecule has 28 heavy (non-hydrogen) atoms. The number of aliphatic imine (C=N–C) groups is 1. The summed E-state index contributed by atoms with van der Waals surface area (Å²) < 4.78 is 37.9. The minimum absolute atomic E-state index is 0.102. The maximum atomic E-state index is 12.6. The highest BCUT2D eigenvalue weighted by Crippen LogP contribution is 2.30. The topological polar surface area (TPSA) is 52.6 Å². The predicted molar refractivity (Wildman–Crippen MR) is 107 cm³/mol. The third-order valence-electron chi connectivity index (χ3n) is 4.15. The van der Waals surface area contributed by atoms with Gasteiger partial charge in [0.15, 0.2) is 11.7 Å². The molecule has 0 amide bonds. The van der Waals surface area contributed by atoms with E-state index in [0.717, 1.165) is 23.3 Å². The second-order valence-corrected chi connectivity index (χ2v) is 7.39. The molecule has 1 aromatic carbocycles. The summed E-state index contributed by atoms with van der Waals surface area (Å²) in [7, 11) is 2.05. The first-order valence-electron chi connectivity index (χ1n) is 9.07. The van der Waals surface area contributed by atoms with Gasteiger partial charge in [-0.15, -0.1) is 11.3 Å². The summed E-state index contributed by atoms with van der Waals surface area (Å²) in [6.45, 7) is 6.29. The third-order valence-corrected chi connectivity index (χ3v) is 4.98. The van der Waals surface area contributed by atoms with Crippen molar-refractivity contribution >= 4 is 17.3 Å². The van der Waals surface area contributed by atoms with E-state index in [1.807, 2.05) is 25.1 Å². The number of benzene rings is 1. The van der Waals surface area contributed by atoms with E-state index in [0.29, 0.717) is 24.1 Å². The van der Waals surface area contributed by atoms with Crippen LogP contribution in [0.5, 0.6) is 0 Å². The standard InChI is InChI=1S/C19H26F3N5S/c1-4-23-18(25-11-17-26-16(13-28-17)19(20,21)22)24-10-14(2)27(3)12-15-8-6-5-7-9-15/h5-9,13-14H,4,10-12H2,1-3H3,(H2,23,24,25). The molecule has 154 valence electrons. The lowest BCUT2D eigenvalue weighted by Gasteiger charge is -2.25. The van der Waals surface area contributed by atoms with Gasteiger partial charge in [-0.2, -0.15) is 13.2 Å². The maximum absolute atomic E-state index is 12.6. The Bertz CT molecular complexity index is 746. The molecule has 9 heteroatoms. The van der Waals surface area contributed by atoms with E-state index in [2.05, 4.69) is 51.6 Å².